The zero-order valence-electron chi connectivity index (χ0n) is 18.1. The lowest BCUT2D eigenvalue weighted by Gasteiger charge is -2.38. The van der Waals surface area contributed by atoms with E-state index in [1.54, 1.807) is 20.8 Å². The molecule has 2 aromatic carbocycles. The zero-order valence-corrected chi connectivity index (χ0v) is 19.0. The molecule has 1 aliphatic heterocycles. The number of benzene rings is 2. The van der Waals surface area contributed by atoms with E-state index in [2.05, 4.69) is 4.18 Å². The van der Waals surface area contributed by atoms with Crippen molar-refractivity contribution >= 4 is 16.2 Å². The summed E-state index contributed by atoms with van der Waals surface area (Å²) in [5.74, 6) is -1.74. The monoisotopic (exact) mass is 489 g/mol. The highest BCUT2D eigenvalue weighted by molar-refractivity contribution is 7.88. The number of carbonyl (C=O) groups is 1. The van der Waals surface area contributed by atoms with Crippen LogP contribution in [0.4, 0.5) is 22.4 Å². The fraction of sp³-hybridized carbons (Fsp3) is 0.409. The van der Waals surface area contributed by atoms with Crippen LogP contribution in [0.15, 0.2) is 42.5 Å². The molecule has 0 spiro atoms. The van der Waals surface area contributed by atoms with Crippen molar-refractivity contribution in [2.75, 3.05) is 0 Å². The first-order valence-electron chi connectivity index (χ1n) is 10.0. The number of rotatable bonds is 4. The van der Waals surface area contributed by atoms with Gasteiger partial charge in [-0.05, 0) is 56.4 Å². The molecular formula is C22H23F4NO5S. The number of fused-ring (bicyclic) bond motifs is 1. The van der Waals surface area contributed by atoms with E-state index in [9.17, 15) is 30.8 Å². The normalized spacial score (nSPS) is 16.8. The maximum atomic E-state index is 14.8. The molecule has 0 N–H and O–H groups in total. The van der Waals surface area contributed by atoms with E-state index in [0.717, 1.165) is 11.6 Å². The van der Waals surface area contributed by atoms with Gasteiger partial charge in [-0.15, -0.1) is 0 Å². The molecule has 1 heterocycles. The Balaban J connectivity index is 1.96. The number of ether oxygens (including phenoxy) is 1. The summed E-state index contributed by atoms with van der Waals surface area (Å²) in [6.07, 6.45) is -0.231. The van der Waals surface area contributed by atoms with Crippen LogP contribution in [0.5, 0.6) is 5.75 Å². The van der Waals surface area contributed by atoms with Crippen LogP contribution < -0.4 is 4.18 Å². The molecular weight excluding hydrogens is 466 g/mol. The maximum Gasteiger partial charge on any atom is 0.534 e. The summed E-state index contributed by atoms with van der Waals surface area (Å²) in [6.45, 7) is 4.86. The Hall–Kier alpha value is -2.82. The van der Waals surface area contributed by atoms with Crippen molar-refractivity contribution in [3.63, 3.8) is 0 Å². The standard InChI is InChI=1S/C22H23F4NO5S/c1-21(2,3)31-20(28)27-13-15-10-17(32-33(29,30)22(24,25)26)12-19(23)18(15)11-16(27)9-14-7-5-4-6-8-14/h4-8,10,12,16H,9,11,13H2,1-3H3. The summed E-state index contributed by atoms with van der Waals surface area (Å²) in [7, 11) is -5.97. The van der Waals surface area contributed by atoms with Gasteiger partial charge in [-0.2, -0.15) is 21.6 Å². The quantitative estimate of drug-likeness (QED) is 0.345. The maximum absolute atomic E-state index is 14.8. The third kappa shape index (κ3) is 5.95. The average Bonchev–Trinajstić information content (AvgIpc) is 2.66. The molecule has 6 nitrogen and oxygen atoms in total. The van der Waals surface area contributed by atoms with Gasteiger partial charge in [0, 0.05) is 18.7 Å². The van der Waals surface area contributed by atoms with Gasteiger partial charge in [0.2, 0.25) is 0 Å². The molecule has 0 aromatic heterocycles. The number of alkyl halides is 3. The van der Waals surface area contributed by atoms with Crippen LogP contribution in [0.3, 0.4) is 0 Å². The Morgan fingerprint density at radius 3 is 2.33 bits per heavy atom. The molecule has 1 aliphatic rings. The summed E-state index contributed by atoms with van der Waals surface area (Å²) in [6, 6.07) is 10.3. The Morgan fingerprint density at radius 1 is 1.12 bits per heavy atom. The van der Waals surface area contributed by atoms with Crippen LogP contribution in [0.2, 0.25) is 0 Å². The second-order valence-electron chi connectivity index (χ2n) is 8.68. The minimum Gasteiger partial charge on any atom is -0.444 e. The molecule has 3 rings (SSSR count). The Bertz CT molecular complexity index is 1130. The lowest BCUT2D eigenvalue weighted by molar-refractivity contribution is -0.0500. The number of halogens is 4. The zero-order chi connectivity index (χ0) is 24.6. The van der Waals surface area contributed by atoms with Crippen LogP contribution in [0.25, 0.3) is 0 Å². The summed E-state index contributed by atoms with van der Waals surface area (Å²) >= 11 is 0. The van der Waals surface area contributed by atoms with Crippen molar-refractivity contribution < 1.29 is 39.7 Å². The first-order valence-corrected chi connectivity index (χ1v) is 11.4. The van der Waals surface area contributed by atoms with Gasteiger partial charge >= 0.3 is 21.7 Å². The second-order valence-corrected chi connectivity index (χ2v) is 10.2. The largest absolute Gasteiger partial charge is 0.534 e. The SMILES string of the molecule is CC(C)(C)OC(=O)N1Cc2cc(OS(=O)(=O)C(F)(F)F)cc(F)c2CC1Cc1ccccc1. The molecule has 0 saturated heterocycles. The van der Waals surface area contributed by atoms with Crippen molar-refractivity contribution in [3.05, 3.63) is 65.0 Å². The smallest absolute Gasteiger partial charge is 0.444 e. The van der Waals surface area contributed by atoms with E-state index in [-0.39, 0.29) is 24.1 Å². The summed E-state index contributed by atoms with van der Waals surface area (Å²) in [4.78, 5) is 14.3. The van der Waals surface area contributed by atoms with E-state index < -0.39 is 44.9 Å². The molecule has 1 unspecified atom stereocenters. The van der Waals surface area contributed by atoms with Crippen molar-refractivity contribution in [3.8, 4) is 5.75 Å². The first-order chi connectivity index (χ1) is 15.2. The first kappa shape index (κ1) is 24.8. The van der Waals surface area contributed by atoms with Crippen LogP contribution in [-0.4, -0.2) is 36.6 Å². The highest BCUT2D eigenvalue weighted by Crippen LogP contribution is 2.34. The van der Waals surface area contributed by atoms with Crippen molar-refractivity contribution in [1.82, 2.24) is 4.90 Å². The molecule has 1 amide bonds. The Kier molecular flexibility index (Phi) is 6.65. The minimum atomic E-state index is -5.97. The number of hydrogen-bond donors (Lipinski definition) is 0. The number of carbonyl (C=O) groups excluding carboxylic acids is 1. The summed E-state index contributed by atoms with van der Waals surface area (Å²) in [5.41, 5.74) is -5.27. The Labute approximate surface area is 189 Å². The van der Waals surface area contributed by atoms with E-state index in [0.29, 0.717) is 12.5 Å². The van der Waals surface area contributed by atoms with E-state index in [1.807, 2.05) is 30.3 Å². The fourth-order valence-corrected chi connectivity index (χ4v) is 3.96. The van der Waals surface area contributed by atoms with Gasteiger partial charge in [0.05, 0.1) is 0 Å². The summed E-state index contributed by atoms with van der Waals surface area (Å²) in [5, 5.41) is 0. The molecule has 180 valence electrons. The van der Waals surface area contributed by atoms with Gasteiger partial charge in [0.15, 0.2) is 0 Å². The van der Waals surface area contributed by atoms with Gasteiger partial charge in [0.25, 0.3) is 0 Å². The van der Waals surface area contributed by atoms with Crippen LogP contribution in [-0.2, 0) is 34.2 Å². The highest BCUT2D eigenvalue weighted by Gasteiger charge is 2.48. The third-order valence-corrected chi connectivity index (χ3v) is 5.89. The van der Waals surface area contributed by atoms with Gasteiger partial charge in [-0.25, -0.2) is 9.18 Å². The third-order valence-electron chi connectivity index (χ3n) is 4.91. The number of nitrogens with zero attached hydrogens (tertiary/aromatic N) is 1. The lowest BCUT2D eigenvalue weighted by Crippen LogP contribution is -2.47. The van der Waals surface area contributed by atoms with Gasteiger partial charge in [-0.3, -0.25) is 0 Å². The second kappa shape index (κ2) is 8.85. The van der Waals surface area contributed by atoms with Gasteiger partial charge < -0.3 is 13.8 Å². The predicted molar refractivity (Wildman–Crippen MR) is 111 cm³/mol. The van der Waals surface area contributed by atoms with Gasteiger partial charge in [-0.1, -0.05) is 30.3 Å². The molecule has 2 aromatic rings. The predicted octanol–water partition coefficient (Wildman–Crippen LogP) is 4.96. The minimum absolute atomic E-state index is 0.0571. The molecule has 0 aliphatic carbocycles. The highest BCUT2D eigenvalue weighted by atomic mass is 32.2. The fourth-order valence-electron chi connectivity index (χ4n) is 3.52. The number of hydrogen-bond acceptors (Lipinski definition) is 5. The van der Waals surface area contributed by atoms with Crippen LogP contribution in [0, 0.1) is 5.82 Å². The lowest BCUT2D eigenvalue weighted by atomic mass is 9.90. The number of amides is 1. The molecule has 0 radical (unpaired) electrons. The van der Waals surface area contributed by atoms with E-state index in [1.165, 1.54) is 4.90 Å². The summed E-state index contributed by atoms with van der Waals surface area (Å²) < 4.78 is 85.0. The molecule has 1 atom stereocenters. The average molecular weight is 489 g/mol. The molecule has 33 heavy (non-hydrogen) atoms. The van der Waals surface area contributed by atoms with Crippen molar-refractivity contribution in [1.29, 1.82) is 0 Å². The molecule has 0 fully saturated rings. The molecule has 0 saturated carbocycles. The van der Waals surface area contributed by atoms with Gasteiger partial charge in [0.1, 0.15) is 17.2 Å². The van der Waals surface area contributed by atoms with Crippen molar-refractivity contribution in [2.24, 2.45) is 0 Å². The van der Waals surface area contributed by atoms with Crippen LogP contribution >= 0.6 is 0 Å². The van der Waals surface area contributed by atoms with Crippen LogP contribution in [0.1, 0.15) is 37.5 Å². The van der Waals surface area contributed by atoms with E-state index >= 15 is 0 Å². The van der Waals surface area contributed by atoms with Crippen molar-refractivity contribution in [2.45, 2.75) is 57.3 Å². The molecule has 0 bridgehead atoms. The molecule has 11 heteroatoms. The Morgan fingerprint density at radius 2 is 1.76 bits per heavy atom. The topological polar surface area (TPSA) is 72.9 Å². The van der Waals surface area contributed by atoms with E-state index in [4.69, 9.17) is 4.74 Å².